The number of benzene rings is 1. The molecule has 0 amide bonds. The summed E-state index contributed by atoms with van der Waals surface area (Å²) >= 11 is 9.84. The predicted octanol–water partition coefficient (Wildman–Crippen LogP) is 3.21. The highest BCUT2D eigenvalue weighted by Gasteiger charge is 2.34. The van der Waals surface area contributed by atoms with Crippen LogP contribution in [0.5, 0.6) is 0 Å². The van der Waals surface area contributed by atoms with Crippen molar-refractivity contribution in [3.05, 3.63) is 33.3 Å². The minimum absolute atomic E-state index is 0.160. The Hall–Kier alpha value is -0.130. The Morgan fingerprint density at radius 2 is 2.26 bits per heavy atom. The van der Waals surface area contributed by atoms with E-state index in [0.717, 1.165) is 28.2 Å². The van der Waals surface area contributed by atoms with Gasteiger partial charge in [-0.15, -0.1) is 0 Å². The highest BCUT2D eigenvalue weighted by Crippen LogP contribution is 2.36. The molecule has 0 heterocycles. The van der Waals surface area contributed by atoms with Crippen LogP contribution in [0.15, 0.2) is 22.7 Å². The van der Waals surface area contributed by atoms with E-state index in [-0.39, 0.29) is 6.04 Å². The van der Waals surface area contributed by atoms with E-state index in [2.05, 4.69) is 26.9 Å². The molecule has 1 aliphatic rings. The number of ether oxygens (including phenoxy) is 1. The maximum absolute atomic E-state index is 6.34. The third-order valence-corrected chi connectivity index (χ3v) is 4.35. The quantitative estimate of drug-likeness (QED) is 0.823. The lowest BCUT2D eigenvalue weighted by molar-refractivity contribution is 0.115. The van der Waals surface area contributed by atoms with Gasteiger partial charge >= 0.3 is 0 Å². The van der Waals surface area contributed by atoms with Gasteiger partial charge in [-0.1, -0.05) is 27.5 Å². The Morgan fingerprint density at radius 1 is 1.53 bits per heavy atom. The second-order valence-corrected chi connectivity index (χ2v) is 6.20. The summed E-state index contributed by atoms with van der Waals surface area (Å²) in [5.41, 5.74) is 7.10. The van der Waals surface area contributed by atoms with E-state index in [1.807, 2.05) is 12.1 Å². The van der Waals surface area contributed by atoms with Crippen molar-refractivity contribution in [1.29, 1.82) is 0 Å². The molecule has 0 saturated heterocycles. The zero-order chi connectivity index (χ0) is 13.8. The highest BCUT2D eigenvalue weighted by molar-refractivity contribution is 9.10. The van der Waals surface area contributed by atoms with E-state index >= 15 is 0 Å². The standard InChI is InChI=1S/C14H20BrClN2O/c1-19-7-6-18(11-3-4-11)14(9-17)12-8-10(15)2-5-13(12)16/h2,5,8,11,14H,3-4,6-7,9,17H2,1H3. The van der Waals surface area contributed by atoms with E-state index in [1.165, 1.54) is 12.8 Å². The van der Waals surface area contributed by atoms with Gasteiger partial charge in [0.05, 0.1) is 6.61 Å². The first-order valence-electron chi connectivity index (χ1n) is 6.57. The second-order valence-electron chi connectivity index (χ2n) is 4.88. The molecule has 0 aromatic heterocycles. The fraction of sp³-hybridized carbons (Fsp3) is 0.571. The Morgan fingerprint density at radius 3 is 2.84 bits per heavy atom. The van der Waals surface area contributed by atoms with E-state index in [0.29, 0.717) is 12.6 Å². The number of halogens is 2. The van der Waals surface area contributed by atoms with Crippen molar-refractivity contribution in [1.82, 2.24) is 4.90 Å². The van der Waals surface area contributed by atoms with Crippen LogP contribution >= 0.6 is 27.5 Å². The number of hydrogen-bond acceptors (Lipinski definition) is 3. The first kappa shape index (κ1) is 15.3. The molecule has 0 spiro atoms. The van der Waals surface area contributed by atoms with Gasteiger partial charge in [0.2, 0.25) is 0 Å². The highest BCUT2D eigenvalue weighted by atomic mass is 79.9. The zero-order valence-corrected chi connectivity index (χ0v) is 13.5. The summed E-state index contributed by atoms with van der Waals surface area (Å²) in [6.07, 6.45) is 2.48. The smallest absolute Gasteiger partial charge is 0.0590 e. The molecule has 1 fully saturated rings. The first-order chi connectivity index (χ1) is 9.17. The number of nitrogens with two attached hydrogens (primary N) is 1. The van der Waals surface area contributed by atoms with Crippen molar-refractivity contribution in [3.8, 4) is 0 Å². The van der Waals surface area contributed by atoms with Crippen LogP contribution in [0.3, 0.4) is 0 Å². The van der Waals surface area contributed by atoms with Crippen molar-refractivity contribution < 1.29 is 4.74 Å². The second kappa shape index (κ2) is 7.04. The molecule has 1 unspecified atom stereocenters. The molecule has 2 N–H and O–H groups in total. The third kappa shape index (κ3) is 3.92. The van der Waals surface area contributed by atoms with Crippen LogP contribution in [0.25, 0.3) is 0 Å². The average Bonchev–Trinajstić information content (AvgIpc) is 3.22. The minimum Gasteiger partial charge on any atom is -0.383 e. The fourth-order valence-corrected chi connectivity index (χ4v) is 3.03. The summed E-state index contributed by atoms with van der Waals surface area (Å²) in [4.78, 5) is 2.43. The number of nitrogens with zero attached hydrogens (tertiary/aromatic N) is 1. The topological polar surface area (TPSA) is 38.5 Å². The first-order valence-corrected chi connectivity index (χ1v) is 7.74. The van der Waals surface area contributed by atoms with Crippen LogP contribution < -0.4 is 5.73 Å². The molecule has 1 aromatic rings. The van der Waals surface area contributed by atoms with E-state index in [1.54, 1.807) is 7.11 Å². The van der Waals surface area contributed by atoms with E-state index < -0.39 is 0 Å². The van der Waals surface area contributed by atoms with Gasteiger partial charge in [0.1, 0.15) is 0 Å². The number of methoxy groups -OCH3 is 1. The normalized spacial score (nSPS) is 16.9. The molecule has 19 heavy (non-hydrogen) atoms. The lowest BCUT2D eigenvalue weighted by Gasteiger charge is -2.31. The summed E-state index contributed by atoms with van der Waals surface area (Å²) in [7, 11) is 1.73. The van der Waals surface area contributed by atoms with Crippen LogP contribution in [0.4, 0.5) is 0 Å². The van der Waals surface area contributed by atoms with Gasteiger partial charge in [0.15, 0.2) is 0 Å². The molecular weight excluding hydrogens is 328 g/mol. The van der Waals surface area contributed by atoms with Crippen molar-refractivity contribution in [2.24, 2.45) is 5.73 Å². The Bertz CT molecular complexity index is 426. The number of hydrogen-bond donors (Lipinski definition) is 1. The summed E-state index contributed by atoms with van der Waals surface area (Å²) in [5.74, 6) is 0. The average molecular weight is 348 g/mol. The van der Waals surface area contributed by atoms with Gasteiger partial charge in [-0.05, 0) is 36.6 Å². The largest absolute Gasteiger partial charge is 0.383 e. The van der Waals surface area contributed by atoms with Gasteiger partial charge in [-0.25, -0.2) is 0 Å². The molecule has 1 aromatic carbocycles. The van der Waals surface area contributed by atoms with Gasteiger partial charge in [-0.2, -0.15) is 0 Å². The maximum atomic E-state index is 6.34. The number of rotatable bonds is 7. The molecule has 1 saturated carbocycles. The molecule has 3 nitrogen and oxygen atoms in total. The van der Waals surface area contributed by atoms with Crippen LogP contribution in [0, 0.1) is 0 Å². The zero-order valence-electron chi connectivity index (χ0n) is 11.1. The van der Waals surface area contributed by atoms with Crippen molar-refractivity contribution >= 4 is 27.5 Å². The van der Waals surface area contributed by atoms with Gasteiger partial charge in [-0.3, -0.25) is 4.90 Å². The van der Waals surface area contributed by atoms with Crippen molar-refractivity contribution in [2.75, 3.05) is 26.8 Å². The monoisotopic (exact) mass is 346 g/mol. The minimum atomic E-state index is 0.160. The van der Waals surface area contributed by atoms with Gasteiger partial charge in [0.25, 0.3) is 0 Å². The molecule has 0 radical (unpaired) electrons. The van der Waals surface area contributed by atoms with Crippen LogP contribution in [0.2, 0.25) is 5.02 Å². The fourth-order valence-electron chi connectivity index (χ4n) is 2.41. The molecule has 1 atom stereocenters. The summed E-state index contributed by atoms with van der Waals surface area (Å²) in [6.45, 7) is 2.18. The molecule has 0 aliphatic heterocycles. The summed E-state index contributed by atoms with van der Waals surface area (Å²) < 4.78 is 6.25. The third-order valence-electron chi connectivity index (χ3n) is 3.51. The molecule has 2 rings (SSSR count). The van der Waals surface area contributed by atoms with Crippen molar-refractivity contribution in [3.63, 3.8) is 0 Å². The van der Waals surface area contributed by atoms with Gasteiger partial charge < -0.3 is 10.5 Å². The molecule has 0 bridgehead atoms. The Kier molecular flexibility index (Phi) is 5.66. The van der Waals surface area contributed by atoms with Gasteiger partial charge in [0, 0.05) is 41.8 Å². The van der Waals surface area contributed by atoms with Crippen LogP contribution in [0.1, 0.15) is 24.4 Å². The molecular formula is C14H20BrClN2O. The molecule has 5 heteroatoms. The van der Waals surface area contributed by atoms with Crippen LogP contribution in [-0.4, -0.2) is 37.7 Å². The van der Waals surface area contributed by atoms with E-state index in [4.69, 9.17) is 22.1 Å². The maximum Gasteiger partial charge on any atom is 0.0590 e. The summed E-state index contributed by atoms with van der Waals surface area (Å²) in [6, 6.07) is 6.73. The SMILES string of the molecule is COCCN(C1CC1)C(CN)c1cc(Br)ccc1Cl. The summed E-state index contributed by atoms with van der Waals surface area (Å²) in [5, 5.41) is 0.779. The lowest BCUT2D eigenvalue weighted by atomic mass is 10.0. The molecule has 106 valence electrons. The molecule has 1 aliphatic carbocycles. The van der Waals surface area contributed by atoms with Crippen molar-refractivity contribution in [2.45, 2.75) is 24.9 Å². The van der Waals surface area contributed by atoms with Crippen LogP contribution in [-0.2, 0) is 4.74 Å². The Labute approximate surface area is 128 Å². The lowest BCUT2D eigenvalue weighted by Crippen LogP contribution is -2.37. The Balaban J connectivity index is 2.22. The van der Waals surface area contributed by atoms with E-state index in [9.17, 15) is 0 Å². The predicted molar refractivity (Wildman–Crippen MR) is 82.6 cm³/mol.